The highest BCUT2D eigenvalue weighted by Gasteiger charge is 2.43. The van der Waals surface area contributed by atoms with E-state index < -0.39 is 0 Å². The largest absolute Gasteiger partial charge is 0.487 e. The first-order valence-corrected chi connectivity index (χ1v) is 6.75. The van der Waals surface area contributed by atoms with Gasteiger partial charge in [0.1, 0.15) is 11.4 Å². The molecule has 2 heterocycles. The lowest BCUT2D eigenvalue weighted by Crippen LogP contribution is -2.49. The summed E-state index contributed by atoms with van der Waals surface area (Å²) >= 11 is 0. The second kappa shape index (κ2) is 4.25. The Kier molecular flexibility index (Phi) is 2.83. The molecule has 3 nitrogen and oxygen atoms in total. The van der Waals surface area contributed by atoms with E-state index >= 15 is 0 Å². The number of fused-ring (bicyclic) bond motifs is 1. The Hall–Kier alpha value is -1.06. The van der Waals surface area contributed by atoms with Crippen LogP contribution >= 0.6 is 0 Å². The van der Waals surface area contributed by atoms with Crippen molar-refractivity contribution in [3.63, 3.8) is 0 Å². The monoisotopic (exact) mass is 247 g/mol. The van der Waals surface area contributed by atoms with Gasteiger partial charge in [-0.25, -0.2) is 0 Å². The van der Waals surface area contributed by atoms with E-state index in [4.69, 9.17) is 15.2 Å². The quantitative estimate of drug-likeness (QED) is 0.766. The summed E-state index contributed by atoms with van der Waals surface area (Å²) in [7, 11) is 0. The normalized spacial score (nSPS) is 35.1. The number of hydrogen-bond acceptors (Lipinski definition) is 3. The van der Waals surface area contributed by atoms with Crippen molar-refractivity contribution in [1.29, 1.82) is 0 Å². The van der Waals surface area contributed by atoms with E-state index in [2.05, 4.69) is 32.0 Å². The Balaban J connectivity index is 1.93. The van der Waals surface area contributed by atoms with E-state index in [1.54, 1.807) is 0 Å². The summed E-state index contributed by atoms with van der Waals surface area (Å²) < 4.78 is 11.9. The molecule has 18 heavy (non-hydrogen) atoms. The molecule has 2 aliphatic rings. The van der Waals surface area contributed by atoms with Gasteiger partial charge in [-0.2, -0.15) is 0 Å². The van der Waals surface area contributed by atoms with Crippen LogP contribution in [0, 0.1) is 6.92 Å². The smallest absolute Gasteiger partial charge is 0.124 e. The molecule has 0 aliphatic carbocycles. The van der Waals surface area contributed by atoms with Gasteiger partial charge in [-0.05, 0) is 19.9 Å². The maximum atomic E-state index is 6.35. The highest BCUT2D eigenvalue weighted by molar-refractivity contribution is 5.41. The summed E-state index contributed by atoms with van der Waals surface area (Å²) in [6, 6.07) is 6.38. The van der Waals surface area contributed by atoms with Crippen LogP contribution in [0.4, 0.5) is 0 Å². The zero-order chi connectivity index (χ0) is 12.8. The average Bonchev–Trinajstić information content (AvgIpc) is 2.30. The Morgan fingerprint density at radius 1 is 1.33 bits per heavy atom. The summed E-state index contributed by atoms with van der Waals surface area (Å²) in [6.07, 6.45) is 3.04. The SMILES string of the molecule is Cc1ccc2c(c1)[C@@H](N)CC1(CCOC(C)C1)O2. The fourth-order valence-corrected chi connectivity index (χ4v) is 3.25. The molecule has 3 heteroatoms. The van der Waals surface area contributed by atoms with Gasteiger partial charge in [-0.3, -0.25) is 0 Å². The van der Waals surface area contributed by atoms with E-state index in [-0.39, 0.29) is 17.7 Å². The van der Waals surface area contributed by atoms with E-state index in [0.717, 1.165) is 37.2 Å². The van der Waals surface area contributed by atoms with E-state index in [9.17, 15) is 0 Å². The van der Waals surface area contributed by atoms with Gasteiger partial charge in [-0.1, -0.05) is 17.7 Å². The first kappa shape index (κ1) is 12.0. The topological polar surface area (TPSA) is 44.5 Å². The van der Waals surface area contributed by atoms with E-state index in [0.29, 0.717) is 0 Å². The van der Waals surface area contributed by atoms with Crippen LogP contribution in [0.15, 0.2) is 18.2 Å². The molecule has 0 bridgehead atoms. The van der Waals surface area contributed by atoms with E-state index in [1.807, 2.05) is 0 Å². The van der Waals surface area contributed by atoms with Gasteiger partial charge in [-0.15, -0.1) is 0 Å². The van der Waals surface area contributed by atoms with Gasteiger partial charge in [0.05, 0.1) is 12.7 Å². The van der Waals surface area contributed by atoms with Gasteiger partial charge in [0, 0.05) is 30.9 Å². The maximum absolute atomic E-state index is 6.35. The van der Waals surface area contributed by atoms with Crippen molar-refractivity contribution in [1.82, 2.24) is 0 Å². The average molecular weight is 247 g/mol. The molecule has 2 N–H and O–H groups in total. The van der Waals surface area contributed by atoms with Crippen LogP contribution in [-0.2, 0) is 4.74 Å². The van der Waals surface area contributed by atoms with Crippen molar-refractivity contribution in [3.8, 4) is 5.75 Å². The lowest BCUT2D eigenvalue weighted by molar-refractivity contribution is -0.0949. The minimum absolute atomic E-state index is 0.0824. The molecule has 3 rings (SSSR count). The van der Waals surface area contributed by atoms with Crippen LogP contribution in [0.5, 0.6) is 5.75 Å². The molecule has 1 fully saturated rings. The number of rotatable bonds is 0. The number of nitrogens with two attached hydrogens (primary N) is 1. The zero-order valence-corrected chi connectivity index (χ0v) is 11.1. The van der Waals surface area contributed by atoms with Crippen molar-refractivity contribution < 1.29 is 9.47 Å². The molecule has 1 saturated heterocycles. The molecule has 98 valence electrons. The van der Waals surface area contributed by atoms with Crippen molar-refractivity contribution in [2.75, 3.05) is 6.61 Å². The Morgan fingerprint density at radius 2 is 2.17 bits per heavy atom. The van der Waals surface area contributed by atoms with Gasteiger partial charge in [0.25, 0.3) is 0 Å². The maximum Gasteiger partial charge on any atom is 0.124 e. The molecule has 0 radical (unpaired) electrons. The van der Waals surface area contributed by atoms with Crippen LogP contribution < -0.4 is 10.5 Å². The standard InChI is InChI=1S/C15H21NO2/c1-10-3-4-14-12(7-10)13(16)9-15(18-14)5-6-17-11(2)8-15/h3-4,7,11,13H,5-6,8-9,16H2,1-2H3/t11?,13-,15?/m0/s1. The highest BCUT2D eigenvalue weighted by Crippen LogP contribution is 2.44. The van der Waals surface area contributed by atoms with Gasteiger partial charge >= 0.3 is 0 Å². The summed E-state index contributed by atoms with van der Waals surface area (Å²) in [5.74, 6) is 0.966. The summed E-state index contributed by atoms with van der Waals surface area (Å²) in [4.78, 5) is 0. The highest BCUT2D eigenvalue weighted by atomic mass is 16.5. The third-order valence-corrected chi connectivity index (χ3v) is 4.10. The number of hydrogen-bond donors (Lipinski definition) is 1. The summed E-state index contributed by atoms with van der Waals surface area (Å²) in [5, 5.41) is 0. The summed E-state index contributed by atoms with van der Waals surface area (Å²) in [6.45, 7) is 4.98. The van der Waals surface area contributed by atoms with Crippen LogP contribution in [0.25, 0.3) is 0 Å². The van der Waals surface area contributed by atoms with Crippen molar-refractivity contribution in [3.05, 3.63) is 29.3 Å². The van der Waals surface area contributed by atoms with Crippen molar-refractivity contribution >= 4 is 0 Å². The predicted molar refractivity (Wildman–Crippen MR) is 70.7 cm³/mol. The second-order valence-corrected chi connectivity index (χ2v) is 5.77. The van der Waals surface area contributed by atoms with Crippen LogP contribution in [0.2, 0.25) is 0 Å². The van der Waals surface area contributed by atoms with Crippen molar-refractivity contribution in [2.24, 2.45) is 5.73 Å². The molecule has 2 unspecified atom stereocenters. The Labute approximate surface area is 108 Å². The van der Waals surface area contributed by atoms with Crippen LogP contribution in [0.3, 0.4) is 0 Å². The fraction of sp³-hybridized carbons (Fsp3) is 0.600. The molecule has 1 aromatic carbocycles. The van der Waals surface area contributed by atoms with Gasteiger partial charge in [0.2, 0.25) is 0 Å². The molecule has 1 spiro atoms. The Bertz CT molecular complexity index is 460. The third kappa shape index (κ3) is 2.02. The number of benzene rings is 1. The minimum atomic E-state index is -0.112. The molecule has 0 saturated carbocycles. The second-order valence-electron chi connectivity index (χ2n) is 5.77. The third-order valence-electron chi connectivity index (χ3n) is 4.10. The molecule has 2 aliphatic heterocycles. The Morgan fingerprint density at radius 3 is 2.94 bits per heavy atom. The fourth-order valence-electron chi connectivity index (χ4n) is 3.25. The summed E-state index contributed by atoms with van der Waals surface area (Å²) in [5.41, 5.74) is 8.63. The minimum Gasteiger partial charge on any atom is -0.487 e. The van der Waals surface area contributed by atoms with Gasteiger partial charge < -0.3 is 15.2 Å². The predicted octanol–water partition coefficient (Wildman–Crippen LogP) is 2.72. The molecular weight excluding hydrogens is 226 g/mol. The number of ether oxygens (including phenoxy) is 2. The molecule has 3 atom stereocenters. The first-order chi connectivity index (χ1) is 8.58. The van der Waals surface area contributed by atoms with Crippen LogP contribution in [-0.4, -0.2) is 18.3 Å². The zero-order valence-electron chi connectivity index (χ0n) is 11.1. The lowest BCUT2D eigenvalue weighted by atomic mass is 9.80. The molecule has 0 amide bonds. The van der Waals surface area contributed by atoms with E-state index in [1.165, 1.54) is 5.56 Å². The number of aryl methyl sites for hydroxylation is 1. The first-order valence-electron chi connectivity index (χ1n) is 6.75. The molecule has 0 aromatic heterocycles. The molecular formula is C15H21NO2. The lowest BCUT2D eigenvalue weighted by Gasteiger charge is -2.45. The molecule has 1 aromatic rings. The van der Waals surface area contributed by atoms with Crippen LogP contribution in [0.1, 0.15) is 43.4 Å². The van der Waals surface area contributed by atoms with Gasteiger partial charge in [0.15, 0.2) is 0 Å². The van der Waals surface area contributed by atoms with Crippen molar-refractivity contribution in [2.45, 2.75) is 50.9 Å².